The fourth-order valence-electron chi connectivity index (χ4n) is 6.58. The van der Waals surface area contributed by atoms with E-state index < -0.39 is 0 Å². The third kappa shape index (κ3) is 225. The number of hydrazone groups is 2. The van der Waals surface area contributed by atoms with Gasteiger partial charge in [-0.3, -0.25) is 29.8 Å². The van der Waals surface area contributed by atoms with Crippen molar-refractivity contribution in [3.05, 3.63) is 109 Å². The summed E-state index contributed by atoms with van der Waals surface area (Å²) in [6.07, 6.45) is 48.5. The van der Waals surface area contributed by atoms with Crippen LogP contribution in [0.1, 0.15) is 452 Å². The maximum absolute atomic E-state index is 10.3. The van der Waals surface area contributed by atoms with Crippen molar-refractivity contribution >= 4 is 49.6 Å². The molecule has 2 fully saturated rings. The number of hydrogen-bond donors (Lipinski definition) is 4. The summed E-state index contributed by atoms with van der Waals surface area (Å²) in [6, 6.07) is 0. The third-order valence-electron chi connectivity index (χ3n) is 10.7. The van der Waals surface area contributed by atoms with E-state index in [1.54, 1.807) is 6.34 Å². The summed E-state index contributed by atoms with van der Waals surface area (Å²) in [5.74, 6) is 0.172. The maximum Gasteiger partial charge on any atom is 0.192 e. The van der Waals surface area contributed by atoms with E-state index in [1.807, 2.05) is 330 Å². The van der Waals surface area contributed by atoms with Gasteiger partial charge in [-0.05, 0) is 146 Å². The number of aliphatic imine (C=N–C) groups is 5. The molecule has 13 nitrogen and oxygen atoms in total. The molecular formula is C101H223N11O2. The first-order chi connectivity index (χ1) is 56.2. The summed E-state index contributed by atoms with van der Waals surface area (Å²) in [6.45, 7) is 122. The van der Waals surface area contributed by atoms with Gasteiger partial charge in [0.2, 0.25) is 0 Å². The maximum atomic E-state index is 10.3. The lowest BCUT2D eigenvalue weighted by atomic mass is 9.97. The number of rotatable bonds is 0. The molecule has 7 heterocycles. The van der Waals surface area contributed by atoms with E-state index in [9.17, 15) is 4.79 Å². The van der Waals surface area contributed by atoms with Gasteiger partial charge < -0.3 is 21.0 Å². The van der Waals surface area contributed by atoms with Gasteiger partial charge in [0, 0.05) is 69.7 Å². The highest BCUT2D eigenvalue weighted by Crippen LogP contribution is 2.21. The predicted octanol–water partition coefficient (Wildman–Crippen LogP) is 34.6. The molecule has 0 radical (unpaired) electrons. The number of nitrogens with zero attached hydrogens (tertiary/aromatic N) is 7. The highest BCUT2D eigenvalue weighted by atomic mass is 16.5. The Morgan fingerprint density at radius 3 is 0.798 bits per heavy atom. The first-order valence-corrected chi connectivity index (χ1v) is 47.8. The summed E-state index contributed by atoms with van der Waals surface area (Å²) < 4.78 is 4.72. The van der Waals surface area contributed by atoms with Gasteiger partial charge in [-0.2, -0.15) is 5.10 Å². The normalized spacial score (nSPS) is 13.6. The van der Waals surface area contributed by atoms with Crippen LogP contribution in [0.15, 0.2) is 145 Å². The van der Waals surface area contributed by atoms with E-state index in [2.05, 4.69) is 127 Å². The van der Waals surface area contributed by atoms with Gasteiger partial charge >= 0.3 is 0 Å². The number of ether oxygens (including phenoxy) is 1. The summed E-state index contributed by atoms with van der Waals surface area (Å²) in [7, 11) is 0. The summed E-state index contributed by atoms with van der Waals surface area (Å²) in [4.78, 5) is 29.9. The molecule has 13 heteroatoms. The van der Waals surface area contributed by atoms with Crippen LogP contribution in [0.3, 0.4) is 0 Å². The molecule has 4 N–H and O–H groups in total. The Morgan fingerprint density at radius 2 is 0.684 bits per heavy atom. The zero-order valence-electron chi connectivity index (χ0n) is 87.2. The van der Waals surface area contributed by atoms with Crippen molar-refractivity contribution in [2.75, 3.05) is 52.4 Å². The lowest BCUT2D eigenvalue weighted by molar-refractivity contribution is -0.112. The Morgan fingerprint density at radius 1 is 0.307 bits per heavy atom. The molecule has 694 valence electrons. The second-order valence-electron chi connectivity index (χ2n) is 17.6. The van der Waals surface area contributed by atoms with E-state index in [4.69, 9.17) is 4.74 Å². The fraction of sp³-hybridized carbons (Fsp3) is 0.743. The van der Waals surface area contributed by atoms with Crippen molar-refractivity contribution in [2.45, 2.75) is 452 Å². The molecule has 0 atom stereocenters. The van der Waals surface area contributed by atoms with Crippen LogP contribution in [0.4, 0.5) is 0 Å². The predicted molar refractivity (Wildman–Crippen MR) is 555 cm³/mol. The molecule has 0 saturated heterocycles. The molecule has 0 unspecified atom stereocenters. The second-order valence-corrected chi connectivity index (χ2v) is 17.6. The lowest BCUT2D eigenvalue weighted by Gasteiger charge is -2.10. The van der Waals surface area contributed by atoms with E-state index in [1.165, 1.54) is 138 Å². The van der Waals surface area contributed by atoms with Crippen LogP contribution < -0.4 is 21.7 Å². The monoisotopic (exact) mass is 1620 g/mol. The van der Waals surface area contributed by atoms with E-state index in [0.29, 0.717) is 6.42 Å². The zero-order valence-corrected chi connectivity index (χ0v) is 87.2. The molecule has 4 aliphatic carbocycles. The van der Waals surface area contributed by atoms with Gasteiger partial charge in [0.15, 0.2) is 12.2 Å². The number of hydrazine groups is 1. The highest BCUT2D eigenvalue weighted by molar-refractivity contribution is 6.27. The van der Waals surface area contributed by atoms with Gasteiger partial charge in [0.05, 0.1) is 25.6 Å². The number of carbonyl (C=O) groups is 1. The minimum absolute atomic E-state index is 0.172. The molecule has 2 saturated carbocycles. The first kappa shape index (κ1) is 167. The Bertz CT molecular complexity index is 1600. The Labute approximate surface area is 726 Å². The van der Waals surface area contributed by atoms with Crippen molar-refractivity contribution < 1.29 is 9.53 Å². The molecular weight excluding hydrogens is 1400 g/mol. The minimum atomic E-state index is 0.172. The average Bonchev–Trinajstić information content (AvgIpc) is 1.79. The average molecular weight is 1620 g/mol. The van der Waals surface area contributed by atoms with Crippen LogP contribution in [0.25, 0.3) is 0 Å². The van der Waals surface area contributed by atoms with Crippen molar-refractivity contribution in [3.63, 3.8) is 0 Å². The fourth-order valence-corrected chi connectivity index (χ4v) is 6.58. The number of hydrogen-bond acceptors (Lipinski definition) is 13. The second kappa shape index (κ2) is 232. The Hall–Kier alpha value is -5.82. The SMILES string of the molecule is C1=NCCNN1.C1=NNCCC1.C1=NNCCO1.C=C1C=CCC1.C=C1C=CCCC1.C=C1C=NCC1.C=C1C=NCC1.C=C1CCCC1.C=C1CCCC=N1.C=C1CCCCC1.CC.CC.CC.CC.CC.CC.CC.CC.CC.CC.CC.CC.CC.CC.CC.CC.CC.CC.CC.CC.CC.CC.O=C1C=NCCC1. The smallest absolute Gasteiger partial charge is 0.192 e. The van der Waals surface area contributed by atoms with E-state index in [-0.39, 0.29) is 5.78 Å². The molecule has 7 aliphatic heterocycles. The van der Waals surface area contributed by atoms with E-state index >= 15 is 0 Å². The van der Waals surface area contributed by atoms with Gasteiger partial charge in [0.1, 0.15) is 6.61 Å². The van der Waals surface area contributed by atoms with Crippen molar-refractivity contribution in [3.8, 4) is 0 Å². The third-order valence-corrected chi connectivity index (χ3v) is 10.7. The number of Topliss-reactive ketones (excluding diaryl/α,β-unsaturated/α-hetero) is 1. The number of carbonyl (C=O) groups excluding carboxylic acids is 1. The van der Waals surface area contributed by atoms with Crippen LogP contribution >= 0.6 is 0 Å². The molecule has 11 aliphatic rings. The van der Waals surface area contributed by atoms with Gasteiger partial charge in [-0.15, -0.1) is 5.10 Å². The lowest BCUT2D eigenvalue weighted by Crippen LogP contribution is -2.36. The van der Waals surface area contributed by atoms with Crippen molar-refractivity contribution in [1.29, 1.82) is 0 Å². The molecule has 0 aromatic rings. The summed E-state index contributed by atoms with van der Waals surface area (Å²) in [5, 5.41) is 7.38. The number of ketones is 1. The van der Waals surface area contributed by atoms with E-state index in [0.717, 1.165) is 108 Å². The summed E-state index contributed by atoms with van der Waals surface area (Å²) >= 11 is 0. The van der Waals surface area contributed by atoms with Crippen LogP contribution in [-0.4, -0.2) is 102 Å². The largest absolute Gasteiger partial charge is 0.480 e. The summed E-state index contributed by atoms with van der Waals surface area (Å²) in [5.41, 5.74) is 20.0. The molecule has 0 bridgehead atoms. The van der Waals surface area contributed by atoms with Crippen molar-refractivity contribution in [2.24, 2.45) is 35.2 Å². The first-order valence-electron chi connectivity index (χ1n) is 47.8. The van der Waals surface area contributed by atoms with Gasteiger partial charge in [-0.1, -0.05) is 404 Å². The molecule has 0 aromatic carbocycles. The molecule has 11 rings (SSSR count). The molecule has 0 aromatic heterocycles. The van der Waals surface area contributed by atoms with Gasteiger partial charge in [-0.25, -0.2) is 5.43 Å². The number of allylic oxidation sites excluding steroid dienone is 9. The standard InChI is InChI=1S/C7H12.C7H10.C6H9N.C6H10.C6H8.C5H7NO.2C5H7N.C4H8N2.C3H7N3.C3H6N2O.22C2H6/c2*1-7-5-3-2-4-6-7;1-6-4-2-3-5-7-6;2*1-6-4-2-3-5-6;7-5-2-1-3-6-4-5;2*1-5-2-3-6-4-5;1-2-4-6-5-3-1;1-2-5-6-3-4-1;1-2-6-3-5-4-1;22*1-2/h1-6H2;3,5H,1-2,4,6H2;5H,1-4H2;1-5H2;2,4H,1,3,5H2;4H,1-3H2;2*4H,1-3H2;3,6H,1-2,4H2;3,5H,1-2H2,(H,4,6);3-4H,1-2H2;22*1-2H3. The van der Waals surface area contributed by atoms with Gasteiger partial charge in [0.25, 0.3) is 0 Å². The van der Waals surface area contributed by atoms with Crippen LogP contribution in [0.2, 0.25) is 0 Å². The zero-order chi connectivity index (χ0) is 94.8. The van der Waals surface area contributed by atoms with Crippen molar-refractivity contribution in [1.82, 2.24) is 21.7 Å². The topological polar surface area (TPSA) is 161 Å². The number of nitrogens with one attached hydrogen (secondary N) is 4. The van der Waals surface area contributed by atoms with Crippen LogP contribution in [-0.2, 0) is 9.53 Å². The Balaban J connectivity index is -0.0000000390. The van der Waals surface area contributed by atoms with Crippen LogP contribution in [0, 0.1) is 0 Å². The van der Waals surface area contributed by atoms with Crippen LogP contribution in [0.5, 0.6) is 0 Å². The minimum Gasteiger partial charge on any atom is -0.480 e. The highest BCUT2D eigenvalue weighted by Gasteiger charge is 2.03. The molecule has 0 spiro atoms. The molecule has 114 heavy (non-hydrogen) atoms. The molecule has 0 amide bonds. The quantitative estimate of drug-likeness (QED) is 0.177. The Kier molecular flexibility index (Phi) is 340.